The zero-order valence-corrected chi connectivity index (χ0v) is 15.4. The summed E-state index contributed by atoms with van der Waals surface area (Å²) < 4.78 is 0. The molecule has 2 aliphatic heterocycles. The van der Waals surface area contributed by atoms with Gasteiger partial charge < -0.3 is 15.7 Å². The van der Waals surface area contributed by atoms with Gasteiger partial charge in [0, 0.05) is 31.3 Å². The molecular weight excluding hydrogens is 342 g/mol. The molecular formula is C17H27N3O4S. The van der Waals surface area contributed by atoms with Crippen LogP contribution in [0.5, 0.6) is 0 Å². The van der Waals surface area contributed by atoms with E-state index in [4.69, 9.17) is 0 Å². The van der Waals surface area contributed by atoms with Crippen molar-refractivity contribution in [3.05, 3.63) is 0 Å². The molecule has 25 heavy (non-hydrogen) atoms. The normalized spacial score (nSPS) is 33.4. The van der Waals surface area contributed by atoms with Gasteiger partial charge in [0.15, 0.2) is 0 Å². The summed E-state index contributed by atoms with van der Waals surface area (Å²) >= 11 is 1.45. The number of fused-ring (bicyclic) bond motifs is 1. The maximum absolute atomic E-state index is 12.7. The van der Waals surface area contributed by atoms with E-state index >= 15 is 0 Å². The van der Waals surface area contributed by atoms with E-state index in [1.54, 1.807) is 0 Å². The zero-order chi connectivity index (χ0) is 18.0. The zero-order valence-electron chi connectivity index (χ0n) is 14.6. The number of carbonyl (C=O) groups excluding carboxylic acids is 3. The van der Waals surface area contributed by atoms with Gasteiger partial charge in [-0.2, -0.15) is 11.8 Å². The van der Waals surface area contributed by atoms with Gasteiger partial charge in [0.05, 0.1) is 17.9 Å². The molecule has 0 aromatic carbocycles. The largest absolute Gasteiger partial charge is 0.391 e. The van der Waals surface area contributed by atoms with Crippen molar-refractivity contribution in [3.63, 3.8) is 0 Å². The van der Waals surface area contributed by atoms with Crippen molar-refractivity contribution in [3.8, 4) is 0 Å². The van der Waals surface area contributed by atoms with Crippen molar-refractivity contribution in [2.24, 2.45) is 17.8 Å². The lowest BCUT2D eigenvalue weighted by atomic mass is 9.81. The second-order valence-electron chi connectivity index (χ2n) is 7.25. The van der Waals surface area contributed by atoms with Gasteiger partial charge in [0.1, 0.15) is 6.04 Å². The Kier molecular flexibility index (Phi) is 6.01. The van der Waals surface area contributed by atoms with Crippen LogP contribution < -0.4 is 10.6 Å². The predicted octanol–water partition coefficient (Wildman–Crippen LogP) is -0.410. The first-order valence-corrected chi connectivity index (χ1v) is 10.5. The van der Waals surface area contributed by atoms with Crippen LogP contribution in [0.25, 0.3) is 0 Å². The number of imide groups is 1. The molecule has 3 fully saturated rings. The number of carbonyl (C=O) groups is 3. The molecule has 8 heteroatoms. The van der Waals surface area contributed by atoms with Crippen LogP contribution in [0.4, 0.5) is 0 Å². The second-order valence-corrected chi connectivity index (χ2v) is 8.16. The Balaban J connectivity index is 1.68. The van der Waals surface area contributed by atoms with Crippen LogP contribution in [0.3, 0.4) is 0 Å². The molecule has 0 radical (unpaired) electrons. The summed E-state index contributed by atoms with van der Waals surface area (Å²) in [7, 11) is 0. The van der Waals surface area contributed by atoms with Gasteiger partial charge in [0.2, 0.25) is 17.7 Å². The highest BCUT2D eigenvalue weighted by Gasteiger charge is 2.51. The highest BCUT2D eigenvalue weighted by molar-refractivity contribution is 7.98. The van der Waals surface area contributed by atoms with Crippen molar-refractivity contribution >= 4 is 29.5 Å². The standard InChI is InChI=1S/C17H27N3O4S/c1-25-9-13(15(22)19-7-10-6-18-8-14(10)21)20-16(23)11-4-2-3-5-12(11)17(20)24/h10-14,18,21H,2-9H2,1H3,(H,19,22). The minimum Gasteiger partial charge on any atom is -0.391 e. The number of amides is 3. The van der Waals surface area contributed by atoms with E-state index in [0.29, 0.717) is 25.4 Å². The molecule has 2 saturated heterocycles. The number of nitrogens with zero attached hydrogens (tertiary/aromatic N) is 1. The number of nitrogens with one attached hydrogen (secondary N) is 2. The minimum atomic E-state index is -0.757. The van der Waals surface area contributed by atoms with Crippen molar-refractivity contribution in [2.45, 2.75) is 37.8 Å². The Hall–Kier alpha value is -1.12. The van der Waals surface area contributed by atoms with Gasteiger partial charge >= 0.3 is 0 Å². The van der Waals surface area contributed by atoms with Gasteiger partial charge in [-0.15, -0.1) is 0 Å². The average molecular weight is 369 g/mol. The first-order valence-electron chi connectivity index (χ1n) is 9.07. The first-order chi connectivity index (χ1) is 12.0. The van der Waals surface area contributed by atoms with E-state index in [-0.39, 0.29) is 35.5 Å². The first kappa shape index (κ1) is 18.7. The van der Waals surface area contributed by atoms with Gasteiger partial charge in [-0.1, -0.05) is 12.8 Å². The van der Waals surface area contributed by atoms with E-state index in [0.717, 1.165) is 25.7 Å². The van der Waals surface area contributed by atoms with Gasteiger partial charge in [-0.3, -0.25) is 19.3 Å². The van der Waals surface area contributed by atoms with Crippen molar-refractivity contribution < 1.29 is 19.5 Å². The van der Waals surface area contributed by atoms with Crippen molar-refractivity contribution in [1.29, 1.82) is 0 Å². The minimum absolute atomic E-state index is 0.0357. The maximum Gasteiger partial charge on any atom is 0.244 e. The number of rotatable bonds is 6. The topological polar surface area (TPSA) is 98.7 Å². The fraction of sp³-hybridized carbons (Fsp3) is 0.824. The highest BCUT2D eigenvalue weighted by Crippen LogP contribution is 2.39. The van der Waals surface area contributed by atoms with Crippen LogP contribution in [-0.4, -0.2) is 71.5 Å². The van der Waals surface area contributed by atoms with Crippen LogP contribution in [0.15, 0.2) is 0 Å². The van der Waals surface area contributed by atoms with Crippen LogP contribution in [0, 0.1) is 17.8 Å². The quantitative estimate of drug-likeness (QED) is 0.551. The molecule has 2 heterocycles. The van der Waals surface area contributed by atoms with E-state index < -0.39 is 12.1 Å². The average Bonchev–Trinajstić information content (AvgIpc) is 3.13. The summed E-state index contributed by atoms with van der Waals surface area (Å²) in [6.45, 7) is 1.53. The third-order valence-electron chi connectivity index (χ3n) is 5.66. The SMILES string of the molecule is CSCC(C(=O)NCC1CNCC1O)N1C(=O)C2CCCCC2C1=O. The Labute approximate surface area is 152 Å². The van der Waals surface area contributed by atoms with E-state index in [1.807, 2.05) is 6.26 Å². The Morgan fingerprint density at radius 3 is 2.44 bits per heavy atom. The fourth-order valence-corrected chi connectivity index (χ4v) is 4.81. The van der Waals surface area contributed by atoms with Gasteiger partial charge in [-0.05, 0) is 19.1 Å². The smallest absolute Gasteiger partial charge is 0.244 e. The predicted molar refractivity (Wildman–Crippen MR) is 94.8 cm³/mol. The molecule has 3 N–H and O–H groups in total. The lowest BCUT2D eigenvalue weighted by molar-refractivity contribution is -0.147. The summed E-state index contributed by atoms with van der Waals surface area (Å²) in [6.07, 6.45) is 4.83. The molecule has 1 saturated carbocycles. The summed E-state index contributed by atoms with van der Waals surface area (Å²) in [5.41, 5.74) is 0. The summed E-state index contributed by atoms with van der Waals surface area (Å²) in [5, 5.41) is 15.8. The number of hydrogen-bond donors (Lipinski definition) is 3. The van der Waals surface area contributed by atoms with Crippen molar-refractivity contribution in [1.82, 2.24) is 15.5 Å². The lowest BCUT2D eigenvalue weighted by Gasteiger charge is -2.26. The third-order valence-corrected chi connectivity index (χ3v) is 6.31. The monoisotopic (exact) mass is 369 g/mol. The Morgan fingerprint density at radius 1 is 1.28 bits per heavy atom. The molecule has 0 aromatic rings. The highest BCUT2D eigenvalue weighted by atomic mass is 32.2. The molecule has 5 unspecified atom stereocenters. The lowest BCUT2D eigenvalue weighted by Crippen LogP contribution is -2.52. The van der Waals surface area contributed by atoms with Crippen LogP contribution in [-0.2, 0) is 14.4 Å². The number of likely N-dealkylation sites (tertiary alicyclic amines) is 1. The summed E-state index contributed by atoms with van der Waals surface area (Å²) in [6, 6.07) is -0.757. The fourth-order valence-electron chi connectivity index (χ4n) is 4.20. The molecule has 3 aliphatic rings. The van der Waals surface area contributed by atoms with Crippen molar-refractivity contribution in [2.75, 3.05) is 31.6 Å². The number of thioether (sulfide) groups is 1. The Morgan fingerprint density at radius 2 is 1.92 bits per heavy atom. The van der Waals surface area contributed by atoms with E-state index in [9.17, 15) is 19.5 Å². The molecule has 140 valence electrons. The summed E-state index contributed by atoms with van der Waals surface area (Å²) in [5.74, 6) is -0.759. The second kappa shape index (κ2) is 8.05. The molecule has 7 nitrogen and oxygen atoms in total. The molecule has 5 atom stereocenters. The van der Waals surface area contributed by atoms with Crippen LogP contribution >= 0.6 is 11.8 Å². The summed E-state index contributed by atoms with van der Waals surface area (Å²) in [4.78, 5) is 39.4. The molecule has 0 aromatic heterocycles. The van der Waals surface area contributed by atoms with E-state index in [1.165, 1.54) is 16.7 Å². The molecule has 3 rings (SSSR count). The van der Waals surface area contributed by atoms with Gasteiger partial charge in [0.25, 0.3) is 0 Å². The van der Waals surface area contributed by atoms with Gasteiger partial charge in [-0.25, -0.2) is 0 Å². The maximum atomic E-state index is 12.7. The number of hydrogen-bond acceptors (Lipinski definition) is 6. The molecule has 1 aliphatic carbocycles. The van der Waals surface area contributed by atoms with Crippen LogP contribution in [0.2, 0.25) is 0 Å². The van der Waals surface area contributed by atoms with E-state index in [2.05, 4.69) is 10.6 Å². The molecule has 3 amide bonds. The third kappa shape index (κ3) is 3.71. The Bertz CT molecular complexity index is 520. The molecule has 0 bridgehead atoms. The number of aliphatic hydroxyl groups excluding tert-OH is 1. The van der Waals surface area contributed by atoms with Crippen LogP contribution in [0.1, 0.15) is 25.7 Å². The molecule has 0 spiro atoms. The number of aliphatic hydroxyl groups is 1. The number of β-amino-alcohol motifs (C(OH)–C–C–N with tert-alkyl or cyclic N) is 1.